The second kappa shape index (κ2) is 9.20. The van der Waals surface area contributed by atoms with Crippen LogP contribution < -0.4 is 0 Å². The molecule has 0 rings (SSSR count). The summed E-state index contributed by atoms with van der Waals surface area (Å²) >= 11 is 0. The molecule has 0 aromatic carbocycles. The summed E-state index contributed by atoms with van der Waals surface area (Å²) in [6.07, 6.45) is -7.57. The van der Waals surface area contributed by atoms with Gasteiger partial charge in [-0.2, -0.15) is 43.9 Å². The molecule has 0 bridgehead atoms. The molecule has 0 aliphatic rings. The molecule has 0 radical (unpaired) electrons. The first-order valence-electron chi connectivity index (χ1n) is 7.42. The predicted octanol–water partition coefficient (Wildman–Crippen LogP) is 3.92. The van der Waals surface area contributed by atoms with Crippen molar-refractivity contribution in [1.29, 1.82) is 0 Å². The third-order valence-electron chi connectivity index (χ3n) is 3.29. The fraction of sp³-hybridized carbons (Fsp3) is 0.786. The quantitative estimate of drug-likeness (QED) is 0.265. The summed E-state index contributed by atoms with van der Waals surface area (Å²) in [5.74, 6) is -37.0. The van der Waals surface area contributed by atoms with Gasteiger partial charge < -0.3 is 14.6 Å². The van der Waals surface area contributed by atoms with Crippen LogP contribution >= 0.6 is 0 Å². The Morgan fingerprint density at radius 3 is 1.77 bits per heavy atom. The molecule has 16 heteroatoms. The largest absolute Gasteiger partial charge is 0.460 e. The van der Waals surface area contributed by atoms with Crippen LogP contribution in [0.3, 0.4) is 0 Å². The third kappa shape index (κ3) is 5.31. The van der Waals surface area contributed by atoms with E-state index in [2.05, 4.69) is 16.1 Å². The van der Waals surface area contributed by atoms with E-state index < -0.39 is 67.9 Å². The topological polar surface area (TPSA) is 55.8 Å². The number of esters is 1. The van der Waals surface area contributed by atoms with Gasteiger partial charge >= 0.3 is 42.0 Å². The lowest BCUT2D eigenvalue weighted by Crippen LogP contribution is -2.69. The zero-order valence-corrected chi connectivity index (χ0v) is 14.7. The van der Waals surface area contributed by atoms with Gasteiger partial charge in [-0.25, -0.2) is 13.6 Å². The highest BCUT2D eigenvalue weighted by molar-refractivity contribution is 5.86. The molecule has 1 atom stereocenters. The van der Waals surface area contributed by atoms with Crippen molar-refractivity contribution in [3.05, 3.63) is 12.2 Å². The number of aliphatic hydroxyl groups excluding tert-OH is 1. The number of carbonyl (C=O) groups is 1. The minimum absolute atomic E-state index is 0.168. The lowest BCUT2D eigenvalue weighted by molar-refractivity contribution is -0.415. The van der Waals surface area contributed by atoms with Crippen molar-refractivity contribution in [2.75, 3.05) is 19.8 Å². The van der Waals surface area contributed by atoms with Crippen LogP contribution in [0.15, 0.2) is 12.2 Å². The number of alkyl halides is 12. The van der Waals surface area contributed by atoms with E-state index >= 15 is 0 Å². The van der Waals surface area contributed by atoms with Gasteiger partial charge in [0.2, 0.25) is 0 Å². The fourth-order valence-electron chi connectivity index (χ4n) is 1.53. The van der Waals surface area contributed by atoms with Gasteiger partial charge in [0.25, 0.3) is 0 Å². The zero-order chi connectivity index (χ0) is 24.3. The fourth-order valence-corrected chi connectivity index (χ4v) is 1.53. The molecule has 0 spiro atoms. The number of aliphatic hydroxyl groups is 1. The van der Waals surface area contributed by atoms with Gasteiger partial charge in [-0.1, -0.05) is 6.58 Å². The smallest absolute Gasteiger partial charge is 0.384 e. The average molecular weight is 474 g/mol. The highest BCUT2D eigenvalue weighted by Crippen LogP contribution is 2.58. The molecule has 1 unspecified atom stereocenters. The van der Waals surface area contributed by atoms with Crippen molar-refractivity contribution >= 4 is 5.97 Å². The molecule has 0 aromatic rings. The predicted molar refractivity (Wildman–Crippen MR) is 73.3 cm³/mol. The maximum Gasteiger partial charge on any atom is 0.384 e. The molecule has 0 amide bonds. The molecule has 4 nitrogen and oxygen atoms in total. The zero-order valence-electron chi connectivity index (χ0n) is 14.7. The minimum atomic E-state index is -7.65. The summed E-state index contributed by atoms with van der Waals surface area (Å²) in [7, 11) is 0. The first-order chi connectivity index (χ1) is 13.2. The molecule has 0 saturated carbocycles. The summed E-state index contributed by atoms with van der Waals surface area (Å²) < 4.78 is 163. The maximum absolute atomic E-state index is 13.4. The average Bonchev–Trinajstić information content (AvgIpc) is 2.58. The first-order valence-corrected chi connectivity index (χ1v) is 7.42. The summed E-state index contributed by atoms with van der Waals surface area (Å²) in [5, 5.41) is 9.22. The Balaban J connectivity index is 5.29. The van der Waals surface area contributed by atoms with Crippen molar-refractivity contribution in [2.45, 2.75) is 49.1 Å². The van der Waals surface area contributed by atoms with Crippen LogP contribution in [-0.4, -0.2) is 73.0 Å². The molecule has 0 fully saturated rings. The summed E-state index contributed by atoms with van der Waals surface area (Å²) in [6, 6.07) is 0. The Hall–Kier alpha value is -1.71. The normalized spacial score (nSPS) is 15.3. The number of hydrogen-bond acceptors (Lipinski definition) is 4. The Morgan fingerprint density at radius 1 is 0.900 bits per heavy atom. The monoisotopic (exact) mass is 474 g/mol. The van der Waals surface area contributed by atoms with E-state index in [4.69, 9.17) is 0 Å². The van der Waals surface area contributed by atoms with Crippen LogP contribution in [0.2, 0.25) is 0 Å². The highest BCUT2D eigenvalue weighted by atomic mass is 19.4. The number of halogens is 12. The van der Waals surface area contributed by atoms with E-state index in [0.717, 1.165) is 0 Å². The van der Waals surface area contributed by atoms with Gasteiger partial charge in [-0.3, -0.25) is 0 Å². The second-order valence-corrected chi connectivity index (χ2v) is 5.90. The molecule has 178 valence electrons. The summed E-state index contributed by atoms with van der Waals surface area (Å²) in [6.45, 7) is -0.886. The van der Waals surface area contributed by atoms with Crippen LogP contribution in [-0.2, 0) is 14.3 Å². The van der Waals surface area contributed by atoms with E-state index in [1.165, 1.54) is 6.92 Å². The Labute approximate surface area is 160 Å². The molecule has 0 aliphatic heterocycles. The van der Waals surface area contributed by atoms with E-state index in [0.29, 0.717) is 0 Å². The highest BCUT2D eigenvalue weighted by Gasteiger charge is 2.87. The SMILES string of the molecule is C=C(C)C(=O)OCC(O)COCC(F)(F)C(F)(F)C(F)(F)C(F)(F)C(F)(F)C(F)F. The van der Waals surface area contributed by atoms with Gasteiger partial charge in [-0.15, -0.1) is 0 Å². The number of rotatable bonds is 12. The number of hydrogen-bond donors (Lipinski definition) is 1. The summed E-state index contributed by atoms with van der Waals surface area (Å²) in [4.78, 5) is 11.0. The Kier molecular flexibility index (Phi) is 8.67. The maximum atomic E-state index is 13.4. The third-order valence-corrected chi connectivity index (χ3v) is 3.29. The van der Waals surface area contributed by atoms with Gasteiger partial charge in [0.1, 0.15) is 19.3 Å². The lowest BCUT2D eigenvalue weighted by atomic mass is 9.94. The van der Waals surface area contributed by atoms with Crippen molar-refractivity contribution in [1.82, 2.24) is 0 Å². The van der Waals surface area contributed by atoms with Crippen LogP contribution in [0.4, 0.5) is 52.7 Å². The van der Waals surface area contributed by atoms with E-state index in [1.807, 2.05) is 0 Å². The van der Waals surface area contributed by atoms with E-state index in [1.54, 1.807) is 0 Å². The van der Waals surface area contributed by atoms with Gasteiger partial charge in [0.15, 0.2) is 0 Å². The second-order valence-electron chi connectivity index (χ2n) is 5.90. The standard InChI is InChI=1S/C14H14F12O4/c1-6(2)8(28)30-4-7(27)3-29-5-10(17,18)12(21,22)14(25,26)13(23,24)11(19,20)9(15)16/h7,9,27H,1,3-5H2,2H3. The number of ether oxygens (including phenoxy) is 2. The Morgan fingerprint density at radius 2 is 1.37 bits per heavy atom. The van der Waals surface area contributed by atoms with E-state index in [-0.39, 0.29) is 5.57 Å². The van der Waals surface area contributed by atoms with E-state index in [9.17, 15) is 62.6 Å². The molecule has 0 aliphatic carbocycles. The number of carbonyl (C=O) groups excluding carboxylic acids is 1. The molecule has 1 N–H and O–H groups in total. The van der Waals surface area contributed by atoms with Crippen molar-refractivity contribution < 1.29 is 72.1 Å². The molecule has 0 aromatic heterocycles. The molecule has 0 heterocycles. The Bertz CT molecular complexity index is 620. The van der Waals surface area contributed by atoms with Gasteiger partial charge in [0, 0.05) is 5.57 Å². The molecule has 0 saturated heterocycles. The van der Waals surface area contributed by atoms with Crippen LogP contribution in [0, 0.1) is 0 Å². The lowest BCUT2D eigenvalue weighted by Gasteiger charge is -2.39. The molecular weight excluding hydrogens is 460 g/mol. The molecule has 30 heavy (non-hydrogen) atoms. The van der Waals surface area contributed by atoms with Crippen molar-refractivity contribution in [3.8, 4) is 0 Å². The van der Waals surface area contributed by atoms with Crippen LogP contribution in [0.25, 0.3) is 0 Å². The molecular formula is C14H14F12O4. The van der Waals surface area contributed by atoms with Gasteiger partial charge in [-0.05, 0) is 6.92 Å². The first kappa shape index (κ1) is 28.3. The van der Waals surface area contributed by atoms with Gasteiger partial charge in [0.05, 0.1) is 6.61 Å². The van der Waals surface area contributed by atoms with Crippen LogP contribution in [0.5, 0.6) is 0 Å². The van der Waals surface area contributed by atoms with Crippen molar-refractivity contribution in [2.24, 2.45) is 0 Å². The van der Waals surface area contributed by atoms with Crippen molar-refractivity contribution in [3.63, 3.8) is 0 Å². The minimum Gasteiger partial charge on any atom is -0.460 e. The van der Waals surface area contributed by atoms with Crippen LogP contribution in [0.1, 0.15) is 6.92 Å². The summed E-state index contributed by atoms with van der Waals surface area (Å²) in [5.41, 5.74) is -0.168.